The van der Waals surface area contributed by atoms with Crippen molar-refractivity contribution in [3.05, 3.63) is 48.2 Å². The zero-order valence-corrected chi connectivity index (χ0v) is 22.3. The molecule has 0 saturated carbocycles. The third-order valence-corrected chi connectivity index (χ3v) is 7.74. The van der Waals surface area contributed by atoms with Crippen molar-refractivity contribution < 1.29 is 29.0 Å². The van der Waals surface area contributed by atoms with Crippen LogP contribution >= 0.6 is 11.8 Å². The van der Waals surface area contributed by atoms with Gasteiger partial charge in [-0.05, 0) is 55.3 Å². The largest absolute Gasteiger partial charge is 0.481 e. The summed E-state index contributed by atoms with van der Waals surface area (Å²) in [7, 11) is 1.56. The predicted octanol–water partition coefficient (Wildman–Crippen LogP) is 3.76. The van der Waals surface area contributed by atoms with Gasteiger partial charge in [-0.25, -0.2) is 9.78 Å². The SMILES string of the molecule is COc1ccc2nccc(CN(CCC[C@H]3CN(c4ccc5c(c4)NC(=O)CS5)C(=O)O3)CCC(=O)O)c2n1. The van der Waals surface area contributed by atoms with Crippen molar-refractivity contribution in [3.63, 3.8) is 0 Å². The molecule has 0 radical (unpaired) electrons. The fourth-order valence-corrected chi connectivity index (χ4v) is 5.52. The summed E-state index contributed by atoms with van der Waals surface area (Å²) in [6.45, 7) is 1.91. The number of fused-ring (bicyclic) bond motifs is 2. The molecule has 0 aliphatic carbocycles. The van der Waals surface area contributed by atoms with Gasteiger partial charge in [0.1, 0.15) is 6.10 Å². The van der Waals surface area contributed by atoms with Gasteiger partial charge in [0.05, 0.1) is 42.5 Å². The molecule has 2 amide bonds. The molecular weight excluding hydrogens is 522 g/mol. The number of hydrogen-bond acceptors (Lipinski definition) is 9. The lowest BCUT2D eigenvalue weighted by Crippen LogP contribution is -2.28. The van der Waals surface area contributed by atoms with Crippen LogP contribution in [0.2, 0.25) is 0 Å². The van der Waals surface area contributed by atoms with Gasteiger partial charge in [-0.2, -0.15) is 0 Å². The summed E-state index contributed by atoms with van der Waals surface area (Å²) in [6, 6.07) is 11.1. The number of aliphatic carboxylic acids is 1. The van der Waals surface area contributed by atoms with Crippen LogP contribution in [0.5, 0.6) is 5.88 Å². The van der Waals surface area contributed by atoms with Gasteiger partial charge >= 0.3 is 12.1 Å². The lowest BCUT2D eigenvalue weighted by atomic mass is 10.1. The molecule has 3 aromatic rings. The Morgan fingerprint density at radius 2 is 2.13 bits per heavy atom. The summed E-state index contributed by atoms with van der Waals surface area (Å²) in [6.07, 6.45) is 2.37. The van der Waals surface area contributed by atoms with E-state index in [0.717, 1.165) is 21.5 Å². The number of carboxylic acid groups (broad SMARTS) is 1. The van der Waals surface area contributed by atoms with Crippen LogP contribution in [0, 0.1) is 0 Å². The van der Waals surface area contributed by atoms with Crippen LogP contribution in [0.15, 0.2) is 47.5 Å². The summed E-state index contributed by atoms with van der Waals surface area (Å²) >= 11 is 1.47. The van der Waals surface area contributed by atoms with Crippen LogP contribution in [0.1, 0.15) is 24.8 Å². The topological polar surface area (TPSA) is 134 Å². The van der Waals surface area contributed by atoms with E-state index >= 15 is 0 Å². The van der Waals surface area contributed by atoms with Crippen molar-refractivity contribution >= 4 is 52.1 Å². The highest BCUT2D eigenvalue weighted by atomic mass is 32.2. The molecule has 2 aromatic heterocycles. The van der Waals surface area contributed by atoms with E-state index < -0.39 is 12.1 Å². The Kier molecular flexibility index (Phi) is 8.13. The number of carboxylic acids is 1. The number of carbonyl (C=O) groups excluding carboxylic acids is 2. The average molecular weight is 552 g/mol. The number of cyclic esters (lactones) is 1. The third-order valence-electron chi connectivity index (χ3n) is 6.67. The first kappa shape index (κ1) is 26.7. The van der Waals surface area contributed by atoms with Gasteiger partial charge in [0.2, 0.25) is 11.8 Å². The van der Waals surface area contributed by atoms with E-state index in [1.54, 1.807) is 30.3 Å². The fraction of sp³-hybridized carbons (Fsp3) is 0.370. The quantitative estimate of drug-likeness (QED) is 0.363. The number of hydrogen-bond donors (Lipinski definition) is 2. The molecule has 11 nitrogen and oxygen atoms in total. The second-order valence-electron chi connectivity index (χ2n) is 9.39. The van der Waals surface area contributed by atoms with E-state index in [0.29, 0.717) is 62.0 Å². The van der Waals surface area contributed by atoms with Gasteiger partial charge in [0, 0.05) is 35.9 Å². The molecule has 39 heavy (non-hydrogen) atoms. The van der Waals surface area contributed by atoms with E-state index in [2.05, 4.69) is 20.2 Å². The minimum atomic E-state index is -0.862. The Balaban J connectivity index is 1.21. The number of pyridine rings is 2. The standard InChI is InChI=1S/C27H29N5O6S/c1-37-24-7-5-20-26(30-24)17(8-10-28-20)14-31(12-9-25(34)35)11-2-3-19-15-32(27(36)38-19)18-4-6-22-21(13-18)29-23(33)16-39-22/h4-8,10,13,19H,2-3,9,11-12,14-16H2,1H3,(H,29,33)(H,34,35)/t19-/m0/s1. The molecular formula is C27H29N5O6S. The second-order valence-corrected chi connectivity index (χ2v) is 10.4. The number of anilines is 2. The van der Waals surface area contributed by atoms with Crippen molar-refractivity contribution in [3.8, 4) is 5.88 Å². The Morgan fingerprint density at radius 1 is 1.26 bits per heavy atom. The first-order chi connectivity index (χ1) is 18.9. The van der Waals surface area contributed by atoms with E-state index in [1.165, 1.54) is 11.8 Å². The molecule has 0 spiro atoms. The molecule has 1 saturated heterocycles. The third kappa shape index (κ3) is 6.40. The first-order valence-electron chi connectivity index (χ1n) is 12.7. The fourth-order valence-electron chi connectivity index (χ4n) is 4.73. The number of aromatic nitrogens is 2. The molecule has 5 rings (SSSR count). The van der Waals surface area contributed by atoms with Gasteiger partial charge in [0.25, 0.3) is 0 Å². The molecule has 0 bridgehead atoms. The predicted molar refractivity (Wildman–Crippen MR) is 146 cm³/mol. The number of carbonyl (C=O) groups is 3. The van der Waals surface area contributed by atoms with Crippen molar-refractivity contribution in [2.24, 2.45) is 0 Å². The van der Waals surface area contributed by atoms with Gasteiger partial charge in [0.15, 0.2) is 0 Å². The van der Waals surface area contributed by atoms with Gasteiger partial charge < -0.3 is 19.9 Å². The number of nitrogens with zero attached hydrogens (tertiary/aromatic N) is 4. The lowest BCUT2D eigenvalue weighted by Gasteiger charge is -2.23. The molecule has 1 atom stereocenters. The Morgan fingerprint density at radius 3 is 2.95 bits per heavy atom. The highest BCUT2D eigenvalue weighted by Gasteiger charge is 2.32. The number of rotatable bonds is 11. The minimum Gasteiger partial charge on any atom is -0.481 e. The maximum absolute atomic E-state index is 12.6. The van der Waals surface area contributed by atoms with Crippen molar-refractivity contribution in [1.29, 1.82) is 0 Å². The van der Waals surface area contributed by atoms with Crippen LogP contribution in [-0.2, 0) is 20.9 Å². The van der Waals surface area contributed by atoms with Crippen LogP contribution in [-0.4, -0.2) is 76.5 Å². The van der Waals surface area contributed by atoms with Crippen molar-refractivity contribution in [1.82, 2.24) is 14.9 Å². The molecule has 2 aliphatic rings. The molecule has 12 heteroatoms. The van der Waals surface area contributed by atoms with Crippen LogP contribution < -0.4 is 15.0 Å². The average Bonchev–Trinajstić information content (AvgIpc) is 3.31. The molecule has 1 fully saturated rings. The van der Waals surface area contributed by atoms with Gasteiger partial charge in [-0.1, -0.05) is 0 Å². The summed E-state index contributed by atoms with van der Waals surface area (Å²) in [5, 5.41) is 12.1. The Bertz CT molecular complexity index is 1400. The Labute approximate surface area is 229 Å². The van der Waals surface area contributed by atoms with E-state index in [9.17, 15) is 19.5 Å². The number of methoxy groups -OCH3 is 1. The second kappa shape index (κ2) is 11.9. The summed E-state index contributed by atoms with van der Waals surface area (Å²) in [5.41, 5.74) is 3.77. The smallest absolute Gasteiger partial charge is 0.414 e. The van der Waals surface area contributed by atoms with Crippen molar-refractivity contribution in [2.45, 2.75) is 36.8 Å². The molecule has 1 aromatic carbocycles. The first-order valence-corrected chi connectivity index (χ1v) is 13.7. The molecule has 204 valence electrons. The zero-order valence-electron chi connectivity index (χ0n) is 21.5. The number of amides is 2. The summed E-state index contributed by atoms with van der Waals surface area (Å²) in [4.78, 5) is 49.2. The zero-order chi connectivity index (χ0) is 27.4. The summed E-state index contributed by atoms with van der Waals surface area (Å²) < 4.78 is 10.9. The van der Waals surface area contributed by atoms with E-state index in [1.807, 2.05) is 24.3 Å². The van der Waals surface area contributed by atoms with Crippen molar-refractivity contribution in [2.75, 3.05) is 42.7 Å². The number of nitrogens with one attached hydrogen (secondary N) is 1. The maximum atomic E-state index is 12.6. The van der Waals surface area contributed by atoms with E-state index in [4.69, 9.17) is 9.47 Å². The van der Waals surface area contributed by atoms with Crippen LogP contribution in [0.3, 0.4) is 0 Å². The van der Waals surface area contributed by atoms with Crippen LogP contribution in [0.4, 0.5) is 16.2 Å². The molecule has 2 aliphatic heterocycles. The highest BCUT2D eigenvalue weighted by Crippen LogP contribution is 2.35. The van der Waals surface area contributed by atoms with Gasteiger partial charge in [-0.3, -0.25) is 24.4 Å². The monoisotopic (exact) mass is 551 g/mol. The highest BCUT2D eigenvalue weighted by molar-refractivity contribution is 8.00. The lowest BCUT2D eigenvalue weighted by molar-refractivity contribution is -0.137. The van der Waals surface area contributed by atoms with Crippen LogP contribution in [0.25, 0.3) is 11.0 Å². The number of ether oxygens (including phenoxy) is 2. The summed E-state index contributed by atoms with van der Waals surface area (Å²) in [5.74, 6) is -0.0549. The normalized spacial score (nSPS) is 16.8. The maximum Gasteiger partial charge on any atom is 0.414 e. The van der Waals surface area contributed by atoms with Gasteiger partial charge in [-0.15, -0.1) is 11.8 Å². The molecule has 2 N–H and O–H groups in total. The minimum absolute atomic E-state index is 0.0130. The molecule has 4 heterocycles. The number of thioether (sulfide) groups is 1. The Hall–Kier alpha value is -3.90. The van der Waals surface area contributed by atoms with E-state index in [-0.39, 0.29) is 18.4 Å². The number of benzene rings is 1. The molecule has 0 unspecified atom stereocenters.